The molecule has 102 valence electrons. The van der Waals surface area contributed by atoms with E-state index in [1.807, 2.05) is 16.8 Å². The van der Waals surface area contributed by atoms with Gasteiger partial charge in [-0.15, -0.1) is 5.10 Å². The second-order valence-corrected chi connectivity index (χ2v) is 5.10. The van der Waals surface area contributed by atoms with Crippen molar-refractivity contribution in [2.45, 2.75) is 24.5 Å². The maximum atomic E-state index is 9.88. The maximum Gasteiger partial charge on any atom is 0.180 e. The molecule has 0 spiro atoms. The van der Waals surface area contributed by atoms with Crippen molar-refractivity contribution in [1.29, 1.82) is 0 Å². The molecule has 1 fully saturated rings. The standard InChI is InChI=1S/C11H13N3O4S/c15-4-8-9(16)10(17)11(18-8)14-3-7(12-13-14)6-1-2-19-5-6/h1-3,5,8-11,15-17H,4H2/t8-,9-,10-,11-/m1/s1. The molecular weight excluding hydrogens is 270 g/mol. The van der Waals surface area contributed by atoms with Crippen molar-refractivity contribution in [3.05, 3.63) is 23.0 Å². The highest BCUT2D eigenvalue weighted by molar-refractivity contribution is 7.08. The van der Waals surface area contributed by atoms with E-state index in [0.717, 1.165) is 5.56 Å². The Balaban J connectivity index is 1.84. The molecule has 0 unspecified atom stereocenters. The Hall–Kier alpha value is -1.32. The van der Waals surface area contributed by atoms with Crippen LogP contribution in [0.25, 0.3) is 11.3 Å². The van der Waals surface area contributed by atoms with Crippen LogP contribution in [0.5, 0.6) is 0 Å². The first-order valence-electron chi connectivity index (χ1n) is 5.77. The molecule has 0 radical (unpaired) electrons. The lowest BCUT2D eigenvalue weighted by molar-refractivity contribution is -0.0593. The summed E-state index contributed by atoms with van der Waals surface area (Å²) >= 11 is 1.55. The van der Waals surface area contributed by atoms with Gasteiger partial charge in [0.05, 0.1) is 12.8 Å². The first kappa shape index (κ1) is 12.7. The first-order chi connectivity index (χ1) is 9.20. The zero-order valence-corrected chi connectivity index (χ0v) is 10.6. The van der Waals surface area contributed by atoms with Gasteiger partial charge in [0.25, 0.3) is 0 Å². The molecule has 2 aromatic rings. The van der Waals surface area contributed by atoms with Crippen LogP contribution in [-0.4, -0.2) is 55.2 Å². The second-order valence-electron chi connectivity index (χ2n) is 4.32. The predicted octanol–water partition coefficient (Wildman–Crippen LogP) is -0.382. The van der Waals surface area contributed by atoms with E-state index in [4.69, 9.17) is 9.84 Å². The van der Waals surface area contributed by atoms with Crippen LogP contribution in [-0.2, 0) is 4.74 Å². The van der Waals surface area contributed by atoms with Crippen molar-refractivity contribution >= 4 is 11.3 Å². The third kappa shape index (κ3) is 2.17. The van der Waals surface area contributed by atoms with Crippen LogP contribution in [0.4, 0.5) is 0 Å². The summed E-state index contributed by atoms with van der Waals surface area (Å²) in [6.45, 7) is -0.360. The lowest BCUT2D eigenvalue weighted by atomic mass is 10.1. The quantitative estimate of drug-likeness (QED) is 0.710. The van der Waals surface area contributed by atoms with Crippen molar-refractivity contribution in [3.8, 4) is 11.3 Å². The number of thiophene rings is 1. The average Bonchev–Trinajstić information content (AvgIpc) is 3.12. The molecule has 2 aromatic heterocycles. The summed E-state index contributed by atoms with van der Waals surface area (Å²) < 4.78 is 6.72. The second kappa shape index (κ2) is 4.99. The molecule has 19 heavy (non-hydrogen) atoms. The molecule has 0 amide bonds. The van der Waals surface area contributed by atoms with Crippen LogP contribution in [0.1, 0.15) is 6.23 Å². The molecule has 7 nitrogen and oxygen atoms in total. The Morgan fingerprint density at radius 3 is 2.84 bits per heavy atom. The zero-order chi connectivity index (χ0) is 13.4. The Bertz CT molecular complexity index is 544. The fraction of sp³-hybridized carbons (Fsp3) is 0.455. The van der Waals surface area contributed by atoms with Gasteiger partial charge in [0.1, 0.15) is 24.0 Å². The molecule has 4 atom stereocenters. The molecule has 0 aliphatic carbocycles. The summed E-state index contributed by atoms with van der Waals surface area (Å²) in [5.41, 5.74) is 1.60. The smallest absolute Gasteiger partial charge is 0.180 e. The lowest BCUT2D eigenvalue weighted by Gasteiger charge is -2.13. The minimum absolute atomic E-state index is 0.360. The van der Waals surface area contributed by atoms with E-state index >= 15 is 0 Å². The van der Waals surface area contributed by atoms with Crippen LogP contribution < -0.4 is 0 Å². The number of aliphatic hydroxyl groups excluding tert-OH is 3. The fourth-order valence-electron chi connectivity index (χ4n) is 2.04. The molecule has 1 saturated heterocycles. The molecule has 8 heteroatoms. The van der Waals surface area contributed by atoms with E-state index in [1.54, 1.807) is 17.5 Å². The third-order valence-corrected chi connectivity index (χ3v) is 3.79. The van der Waals surface area contributed by atoms with Crippen LogP contribution >= 0.6 is 11.3 Å². The van der Waals surface area contributed by atoms with Crippen molar-refractivity contribution in [2.24, 2.45) is 0 Å². The Labute approximate surface area is 112 Å². The molecule has 3 rings (SSSR count). The monoisotopic (exact) mass is 283 g/mol. The Kier molecular flexibility index (Phi) is 3.33. The van der Waals surface area contributed by atoms with Gasteiger partial charge in [-0.25, -0.2) is 4.68 Å². The van der Waals surface area contributed by atoms with Crippen LogP contribution in [0.2, 0.25) is 0 Å². The van der Waals surface area contributed by atoms with Crippen molar-refractivity contribution < 1.29 is 20.1 Å². The highest BCUT2D eigenvalue weighted by Crippen LogP contribution is 2.29. The largest absolute Gasteiger partial charge is 0.394 e. The minimum atomic E-state index is -1.14. The molecular formula is C11H13N3O4S. The summed E-state index contributed by atoms with van der Waals surface area (Å²) in [7, 11) is 0. The summed E-state index contributed by atoms with van der Waals surface area (Å²) in [5.74, 6) is 0. The average molecular weight is 283 g/mol. The number of rotatable bonds is 3. The maximum absolute atomic E-state index is 9.88. The Morgan fingerprint density at radius 1 is 1.37 bits per heavy atom. The number of hydrogen-bond acceptors (Lipinski definition) is 7. The van der Waals surface area contributed by atoms with E-state index in [2.05, 4.69) is 10.3 Å². The van der Waals surface area contributed by atoms with Gasteiger partial charge in [-0.2, -0.15) is 11.3 Å². The topological polar surface area (TPSA) is 101 Å². The number of aromatic nitrogens is 3. The van der Waals surface area contributed by atoms with Crippen molar-refractivity contribution in [3.63, 3.8) is 0 Å². The highest BCUT2D eigenvalue weighted by Gasteiger charge is 2.43. The molecule has 1 aliphatic rings. The number of aliphatic hydroxyl groups is 3. The highest BCUT2D eigenvalue weighted by atomic mass is 32.1. The molecule has 0 saturated carbocycles. The van der Waals surface area contributed by atoms with E-state index in [0.29, 0.717) is 5.69 Å². The van der Waals surface area contributed by atoms with Crippen LogP contribution in [0.3, 0.4) is 0 Å². The van der Waals surface area contributed by atoms with Gasteiger partial charge in [-0.05, 0) is 11.4 Å². The normalized spacial score (nSPS) is 30.9. The van der Waals surface area contributed by atoms with E-state index < -0.39 is 24.5 Å². The van der Waals surface area contributed by atoms with Gasteiger partial charge in [0.2, 0.25) is 0 Å². The van der Waals surface area contributed by atoms with Crippen molar-refractivity contribution in [2.75, 3.05) is 6.61 Å². The van der Waals surface area contributed by atoms with Gasteiger partial charge >= 0.3 is 0 Å². The van der Waals surface area contributed by atoms with Gasteiger partial charge in [0.15, 0.2) is 6.23 Å². The summed E-state index contributed by atoms with van der Waals surface area (Å²) in [6.07, 6.45) is -2.29. The van der Waals surface area contributed by atoms with Gasteiger partial charge < -0.3 is 20.1 Å². The molecule has 0 aromatic carbocycles. The lowest BCUT2D eigenvalue weighted by Crippen LogP contribution is -2.33. The minimum Gasteiger partial charge on any atom is -0.394 e. The molecule has 3 heterocycles. The molecule has 3 N–H and O–H groups in total. The van der Waals surface area contributed by atoms with Gasteiger partial charge in [-0.3, -0.25) is 0 Å². The number of hydrogen-bond donors (Lipinski definition) is 3. The van der Waals surface area contributed by atoms with Crippen LogP contribution in [0.15, 0.2) is 23.0 Å². The summed E-state index contributed by atoms with van der Waals surface area (Å²) in [5, 5.41) is 40.4. The van der Waals surface area contributed by atoms with Crippen LogP contribution in [0, 0.1) is 0 Å². The summed E-state index contributed by atoms with van der Waals surface area (Å²) in [4.78, 5) is 0. The van der Waals surface area contributed by atoms with Gasteiger partial charge in [-0.1, -0.05) is 5.21 Å². The van der Waals surface area contributed by atoms with Crippen molar-refractivity contribution in [1.82, 2.24) is 15.0 Å². The zero-order valence-electron chi connectivity index (χ0n) is 9.83. The predicted molar refractivity (Wildman–Crippen MR) is 66.3 cm³/mol. The van der Waals surface area contributed by atoms with E-state index in [1.165, 1.54) is 4.68 Å². The Morgan fingerprint density at radius 2 is 2.21 bits per heavy atom. The van der Waals surface area contributed by atoms with E-state index in [9.17, 15) is 10.2 Å². The first-order valence-corrected chi connectivity index (χ1v) is 6.72. The summed E-state index contributed by atoms with van der Waals surface area (Å²) in [6, 6.07) is 1.91. The number of ether oxygens (including phenoxy) is 1. The number of nitrogens with zero attached hydrogens (tertiary/aromatic N) is 3. The molecule has 1 aliphatic heterocycles. The molecule has 0 bridgehead atoms. The fourth-order valence-corrected chi connectivity index (χ4v) is 2.69. The van der Waals surface area contributed by atoms with E-state index in [-0.39, 0.29) is 6.61 Å². The van der Waals surface area contributed by atoms with Gasteiger partial charge in [0, 0.05) is 10.9 Å². The SMILES string of the molecule is OC[C@H]1O[C@@H](n2cc(-c3ccsc3)nn2)[C@H](O)[C@@H]1O. The third-order valence-electron chi connectivity index (χ3n) is 3.11.